The van der Waals surface area contributed by atoms with Crippen LogP contribution >= 0.6 is 11.8 Å². The van der Waals surface area contributed by atoms with Crippen molar-refractivity contribution < 1.29 is 9.53 Å². The Morgan fingerprint density at radius 1 is 1.39 bits per heavy atom. The van der Waals surface area contributed by atoms with Gasteiger partial charge in [-0.1, -0.05) is 25.1 Å². The highest BCUT2D eigenvalue weighted by Gasteiger charge is 2.27. The second-order valence-electron chi connectivity index (χ2n) is 5.50. The Kier molecular flexibility index (Phi) is 4.91. The molecule has 2 aromatic rings. The number of H-pyrrole nitrogens is 1. The molecule has 1 atom stereocenters. The van der Waals surface area contributed by atoms with Crippen molar-refractivity contribution >= 4 is 17.7 Å². The number of imidazole rings is 1. The number of nitrogens with zero attached hydrogens (tertiary/aromatic N) is 1. The quantitative estimate of drug-likeness (QED) is 0.884. The molecular formula is C17H21N3O2S. The Hall–Kier alpha value is -1.95. The van der Waals surface area contributed by atoms with E-state index < -0.39 is 0 Å². The number of rotatable bonds is 5. The molecule has 0 bridgehead atoms. The van der Waals surface area contributed by atoms with Crippen LogP contribution in [0.1, 0.15) is 40.4 Å². The van der Waals surface area contributed by atoms with E-state index in [1.54, 1.807) is 18.9 Å². The fraction of sp³-hybridized carbons (Fsp3) is 0.412. The lowest BCUT2D eigenvalue weighted by Gasteiger charge is -2.17. The zero-order valence-electron chi connectivity index (χ0n) is 13.4. The van der Waals surface area contributed by atoms with Gasteiger partial charge in [-0.25, -0.2) is 4.98 Å². The Bertz CT molecular complexity index is 699. The predicted octanol–water partition coefficient (Wildman–Crippen LogP) is 2.74. The second kappa shape index (κ2) is 7.08. The van der Waals surface area contributed by atoms with E-state index in [1.807, 2.05) is 18.2 Å². The van der Waals surface area contributed by atoms with Gasteiger partial charge in [0.2, 0.25) is 0 Å². The van der Waals surface area contributed by atoms with Crippen LogP contribution in [-0.2, 0) is 12.2 Å². The fourth-order valence-corrected chi connectivity index (χ4v) is 3.44. The average Bonchev–Trinajstić information content (AvgIpc) is 2.92. The highest BCUT2D eigenvalue weighted by Crippen LogP contribution is 2.31. The Balaban J connectivity index is 1.89. The van der Waals surface area contributed by atoms with Crippen LogP contribution < -0.4 is 10.1 Å². The number of hydrogen-bond acceptors (Lipinski definition) is 4. The van der Waals surface area contributed by atoms with E-state index in [0.717, 1.165) is 40.8 Å². The summed E-state index contributed by atoms with van der Waals surface area (Å²) in [5.41, 5.74) is 2.57. The molecule has 3 rings (SSSR count). The fourth-order valence-electron chi connectivity index (χ4n) is 2.91. The van der Waals surface area contributed by atoms with Crippen molar-refractivity contribution in [3.05, 3.63) is 47.0 Å². The Morgan fingerprint density at radius 2 is 2.22 bits per heavy atom. The minimum absolute atomic E-state index is 0.0959. The second-order valence-corrected chi connectivity index (χ2v) is 6.78. The van der Waals surface area contributed by atoms with Gasteiger partial charge < -0.3 is 15.0 Å². The van der Waals surface area contributed by atoms with E-state index in [-0.39, 0.29) is 11.8 Å². The van der Waals surface area contributed by atoms with Crippen molar-refractivity contribution in [3.63, 3.8) is 0 Å². The van der Waals surface area contributed by atoms with E-state index in [4.69, 9.17) is 4.74 Å². The molecule has 0 radical (unpaired) electrons. The topological polar surface area (TPSA) is 67.0 Å². The van der Waals surface area contributed by atoms with Gasteiger partial charge >= 0.3 is 0 Å². The smallest absolute Gasteiger partial charge is 0.271 e. The van der Waals surface area contributed by atoms with Gasteiger partial charge in [-0.05, 0) is 23.8 Å². The molecule has 0 saturated heterocycles. The summed E-state index contributed by atoms with van der Waals surface area (Å²) in [7, 11) is 1.68. The van der Waals surface area contributed by atoms with Crippen LogP contribution in [0.4, 0.5) is 0 Å². The number of carbonyl (C=O) groups excluding carboxylic acids is 1. The van der Waals surface area contributed by atoms with Crippen molar-refractivity contribution in [2.24, 2.45) is 0 Å². The zero-order valence-corrected chi connectivity index (χ0v) is 14.2. The molecule has 23 heavy (non-hydrogen) atoms. The lowest BCUT2D eigenvalue weighted by atomic mass is 9.93. The van der Waals surface area contributed by atoms with Gasteiger partial charge in [0.15, 0.2) is 0 Å². The van der Waals surface area contributed by atoms with Gasteiger partial charge in [-0.3, -0.25) is 4.79 Å². The molecule has 0 unspecified atom stereocenters. The molecule has 1 aromatic carbocycles. The Morgan fingerprint density at radius 3 is 3.00 bits per heavy atom. The molecular weight excluding hydrogens is 310 g/mol. The number of para-hydroxylation sites is 1. The number of aromatic nitrogens is 2. The monoisotopic (exact) mass is 331 g/mol. The molecule has 1 amide bonds. The normalized spacial score (nSPS) is 17.3. The van der Waals surface area contributed by atoms with Crippen molar-refractivity contribution in [1.82, 2.24) is 15.3 Å². The van der Waals surface area contributed by atoms with Gasteiger partial charge in [0.05, 0.1) is 12.9 Å². The number of carbonyl (C=O) groups is 1. The molecule has 0 fully saturated rings. The maximum atomic E-state index is 12.3. The van der Waals surface area contributed by atoms with E-state index in [9.17, 15) is 4.79 Å². The first-order valence-electron chi connectivity index (χ1n) is 7.79. The number of amides is 1. The molecule has 0 saturated carbocycles. The molecule has 2 N–H and O–H groups in total. The third-order valence-electron chi connectivity index (χ3n) is 4.02. The largest absolute Gasteiger partial charge is 0.496 e. The van der Waals surface area contributed by atoms with Crippen molar-refractivity contribution in [3.8, 4) is 5.75 Å². The van der Waals surface area contributed by atoms with Crippen molar-refractivity contribution in [2.75, 3.05) is 19.4 Å². The predicted molar refractivity (Wildman–Crippen MR) is 92.2 cm³/mol. The minimum Gasteiger partial charge on any atom is -0.496 e. The van der Waals surface area contributed by atoms with Crippen LogP contribution in [0.2, 0.25) is 0 Å². The third kappa shape index (κ3) is 3.37. The van der Waals surface area contributed by atoms with Gasteiger partial charge in [0.1, 0.15) is 17.3 Å². The average molecular weight is 331 g/mol. The molecule has 1 aliphatic rings. The summed E-state index contributed by atoms with van der Waals surface area (Å²) in [4.78, 5) is 20.1. The maximum absolute atomic E-state index is 12.3. The van der Waals surface area contributed by atoms with Gasteiger partial charge in [0, 0.05) is 18.2 Å². The summed E-state index contributed by atoms with van der Waals surface area (Å²) >= 11 is 1.79. The van der Waals surface area contributed by atoms with E-state index in [1.165, 1.54) is 0 Å². The molecule has 2 heterocycles. The summed E-state index contributed by atoms with van der Waals surface area (Å²) < 4.78 is 5.47. The maximum Gasteiger partial charge on any atom is 0.271 e. The summed E-state index contributed by atoms with van der Waals surface area (Å²) in [6.07, 6.45) is 0.748. The number of nitrogens with one attached hydrogen (secondary N) is 2. The summed E-state index contributed by atoms with van der Waals surface area (Å²) in [6, 6.07) is 7.98. The van der Waals surface area contributed by atoms with Crippen LogP contribution in [0.25, 0.3) is 0 Å². The standard InChI is InChI=1S/C17H21N3O2S/c1-3-23-10-15-19-13-8-11(9-18-17(21)16(13)20-15)12-6-4-5-7-14(12)22-2/h4-7,11H,3,8-10H2,1-2H3,(H,18,21)(H,19,20)/t11-/m1/s1. The number of thioether (sulfide) groups is 1. The third-order valence-corrected chi connectivity index (χ3v) is 4.91. The minimum atomic E-state index is -0.0959. The van der Waals surface area contributed by atoms with E-state index in [2.05, 4.69) is 28.3 Å². The SMILES string of the molecule is CCSCc1nc2c([nH]1)C[C@@H](c1ccccc1OC)CNC2=O. The van der Waals surface area contributed by atoms with Gasteiger partial charge in [-0.15, -0.1) is 0 Å². The summed E-state index contributed by atoms with van der Waals surface area (Å²) in [5, 5.41) is 2.99. The van der Waals surface area contributed by atoms with Crippen molar-refractivity contribution in [1.29, 1.82) is 0 Å². The van der Waals surface area contributed by atoms with Crippen LogP contribution in [0.15, 0.2) is 24.3 Å². The lowest BCUT2D eigenvalue weighted by Crippen LogP contribution is -2.26. The molecule has 1 aliphatic heterocycles. The number of fused-ring (bicyclic) bond motifs is 1. The molecule has 122 valence electrons. The number of hydrogen-bond donors (Lipinski definition) is 2. The lowest BCUT2D eigenvalue weighted by molar-refractivity contribution is 0.0950. The molecule has 0 aliphatic carbocycles. The van der Waals surface area contributed by atoms with Crippen LogP contribution in [0, 0.1) is 0 Å². The van der Waals surface area contributed by atoms with E-state index in [0.29, 0.717) is 12.2 Å². The number of ether oxygens (including phenoxy) is 1. The van der Waals surface area contributed by atoms with Crippen LogP contribution in [-0.4, -0.2) is 35.3 Å². The first-order chi connectivity index (χ1) is 11.2. The number of benzene rings is 1. The zero-order chi connectivity index (χ0) is 16.2. The van der Waals surface area contributed by atoms with Gasteiger partial charge in [-0.2, -0.15) is 11.8 Å². The molecule has 5 nitrogen and oxygen atoms in total. The van der Waals surface area contributed by atoms with Crippen molar-refractivity contribution in [2.45, 2.75) is 25.0 Å². The van der Waals surface area contributed by atoms with E-state index >= 15 is 0 Å². The highest BCUT2D eigenvalue weighted by molar-refractivity contribution is 7.98. The van der Waals surface area contributed by atoms with Crippen LogP contribution in [0.3, 0.4) is 0 Å². The molecule has 1 aromatic heterocycles. The first kappa shape index (κ1) is 15.9. The highest BCUT2D eigenvalue weighted by atomic mass is 32.2. The number of aromatic amines is 1. The first-order valence-corrected chi connectivity index (χ1v) is 8.95. The number of methoxy groups -OCH3 is 1. The summed E-state index contributed by atoms with van der Waals surface area (Å²) in [6.45, 7) is 2.70. The Labute approximate surface area is 140 Å². The van der Waals surface area contributed by atoms with Crippen LogP contribution in [0.5, 0.6) is 5.75 Å². The van der Waals surface area contributed by atoms with Gasteiger partial charge in [0.25, 0.3) is 5.91 Å². The molecule has 0 spiro atoms. The summed E-state index contributed by atoms with van der Waals surface area (Å²) in [5.74, 6) is 3.64. The molecule has 6 heteroatoms.